The molecule has 0 bridgehead atoms. The number of hydrogen-bond acceptors (Lipinski definition) is 3. The Labute approximate surface area is 138 Å². The summed E-state index contributed by atoms with van der Waals surface area (Å²) in [5, 5.41) is 0.830. The van der Waals surface area contributed by atoms with Crippen LogP contribution in [0.25, 0.3) is 0 Å². The van der Waals surface area contributed by atoms with E-state index in [0.717, 1.165) is 29.2 Å². The number of carbonyl (C=O) groups excluding carboxylic acids is 1. The Morgan fingerprint density at radius 2 is 1.59 bits per heavy atom. The summed E-state index contributed by atoms with van der Waals surface area (Å²) in [5.74, 6) is 0. The molecule has 0 aromatic heterocycles. The topological polar surface area (TPSA) is 32.8 Å². The summed E-state index contributed by atoms with van der Waals surface area (Å²) in [6.45, 7) is 12.7. The molecule has 1 amide bonds. The van der Waals surface area contributed by atoms with Crippen LogP contribution in [0.15, 0.2) is 12.1 Å². The molecule has 0 spiro atoms. The number of piperazine rings is 1. The van der Waals surface area contributed by atoms with Crippen molar-refractivity contribution in [1.82, 2.24) is 4.90 Å². The highest BCUT2D eigenvalue weighted by molar-refractivity contribution is 6.32. The van der Waals surface area contributed by atoms with Crippen molar-refractivity contribution in [2.45, 2.75) is 40.2 Å². The van der Waals surface area contributed by atoms with Gasteiger partial charge in [0, 0.05) is 36.9 Å². The number of benzene rings is 1. The molecule has 1 heterocycles. The lowest BCUT2D eigenvalue weighted by Crippen LogP contribution is -2.50. The van der Waals surface area contributed by atoms with Gasteiger partial charge in [-0.25, -0.2) is 4.79 Å². The number of rotatable bonds is 1. The number of carbonyl (C=O) groups is 1. The minimum atomic E-state index is -0.446. The van der Waals surface area contributed by atoms with E-state index in [1.54, 1.807) is 4.90 Å². The van der Waals surface area contributed by atoms with E-state index in [0.29, 0.717) is 13.1 Å². The molecule has 1 aliphatic rings. The molecule has 2 rings (SSSR count). The SMILES string of the molecule is Cc1cc(N2CCN(C(=O)OC(C)(C)C)CC2)cc(C)c1Cl. The number of ether oxygens (including phenoxy) is 1. The van der Waals surface area contributed by atoms with Crippen LogP contribution >= 0.6 is 11.6 Å². The second kappa shape index (κ2) is 6.37. The van der Waals surface area contributed by atoms with Gasteiger partial charge in [0.05, 0.1) is 0 Å². The highest BCUT2D eigenvalue weighted by Gasteiger charge is 2.26. The van der Waals surface area contributed by atoms with Gasteiger partial charge in [0.2, 0.25) is 0 Å². The van der Waals surface area contributed by atoms with Crippen LogP contribution in [0.1, 0.15) is 31.9 Å². The summed E-state index contributed by atoms with van der Waals surface area (Å²) in [5.41, 5.74) is 2.90. The molecule has 0 aliphatic carbocycles. The van der Waals surface area contributed by atoms with Gasteiger partial charge in [0.15, 0.2) is 0 Å². The van der Waals surface area contributed by atoms with E-state index >= 15 is 0 Å². The molecule has 0 radical (unpaired) electrons. The predicted octanol–water partition coefficient (Wildman–Crippen LogP) is 4.01. The number of nitrogens with zero attached hydrogens (tertiary/aromatic N) is 2. The average molecular weight is 325 g/mol. The predicted molar refractivity (Wildman–Crippen MR) is 90.9 cm³/mol. The van der Waals surface area contributed by atoms with Crippen molar-refractivity contribution in [3.8, 4) is 0 Å². The summed E-state index contributed by atoms with van der Waals surface area (Å²) in [7, 11) is 0. The molecular formula is C17H25ClN2O2. The molecule has 0 unspecified atom stereocenters. The first-order chi connectivity index (χ1) is 10.2. The van der Waals surface area contributed by atoms with Crippen LogP contribution in [0.4, 0.5) is 10.5 Å². The number of anilines is 1. The van der Waals surface area contributed by atoms with Crippen molar-refractivity contribution in [3.05, 3.63) is 28.3 Å². The van der Waals surface area contributed by atoms with Gasteiger partial charge in [-0.1, -0.05) is 11.6 Å². The highest BCUT2D eigenvalue weighted by Crippen LogP contribution is 2.27. The largest absolute Gasteiger partial charge is 0.444 e. The van der Waals surface area contributed by atoms with E-state index in [1.165, 1.54) is 5.69 Å². The van der Waals surface area contributed by atoms with Crippen LogP contribution in [-0.2, 0) is 4.74 Å². The fourth-order valence-electron chi connectivity index (χ4n) is 2.58. The minimum Gasteiger partial charge on any atom is -0.444 e. The van der Waals surface area contributed by atoms with E-state index in [4.69, 9.17) is 16.3 Å². The Hall–Kier alpha value is -1.42. The van der Waals surface area contributed by atoms with Gasteiger partial charge in [-0.05, 0) is 57.9 Å². The van der Waals surface area contributed by atoms with Crippen molar-refractivity contribution < 1.29 is 9.53 Å². The lowest BCUT2D eigenvalue weighted by Gasteiger charge is -2.37. The Balaban J connectivity index is 1.99. The van der Waals surface area contributed by atoms with Gasteiger partial charge in [-0.15, -0.1) is 0 Å². The maximum Gasteiger partial charge on any atom is 0.410 e. The lowest BCUT2D eigenvalue weighted by molar-refractivity contribution is 0.0240. The number of hydrogen-bond donors (Lipinski definition) is 0. The molecule has 0 N–H and O–H groups in total. The molecule has 5 heteroatoms. The summed E-state index contributed by atoms with van der Waals surface area (Å²) in [6.07, 6.45) is -0.226. The van der Waals surface area contributed by atoms with Gasteiger partial charge in [0.1, 0.15) is 5.60 Å². The minimum absolute atomic E-state index is 0.226. The first kappa shape index (κ1) is 16.9. The van der Waals surface area contributed by atoms with E-state index in [-0.39, 0.29) is 6.09 Å². The van der Waals surface area contributed by atoms with Gasteiger partial charge in [-0.2, -0.15) is 0 Å². The molecule has 122 valence electrons. The molecule has 0 saturated carbocycles. The second-order valence-corrected chi connectivity index (χ2v) is 7.23. The smallest absolute Gasteiger partial charge is 0.410 e. The Morgan fingerprint density at radius 1 is 1.09 bits per heavy atom. The summed E-state index contributed by atoms with van der Waals surface area (Å²) >= 11 is 6.23. The normalized spacial score (nSPS) is 15.9. The fraction of sp³-hybridized carbons (Fsp3) is 0.588. The van der Waals surface area contributed by atoms with Crippen LogP contribution < -0.4 is 4.90 Å². The molecular weight excluding hydrogens is 300 g/mol. The van der Waals surface area contributed by atoms with Crippen molar-refractivity contribution in [2.24, 2.45) is 0 Å². The van der Waals surface area contributed by atoms with Crippen LogP contribution in [0.3, 0.4) is 0 Å². The number of halogens is 1. The third-order valence-electron chi connectivity index (χ3n) is 3.72. The van der Waals surface area contributed by atoms with Gasteiger partial charge in [-0.3, -0.25) is 0 Å². The van der Waals surface area contributed by atoms with Gasteiger partial charge >= 0.3 is 6.09 Å². The van der Waals surface area contributed by atoms with Gasteiger partial charge in [0.25, 0.3) is 0 Å². The Bertz CT molecular complexity index is 535. The summed E-state index contributed by atoms with van der Waals surface area (Å²) in [6, 6.07) is 4.22. The fourth-order valence-corrected chi connectivity index (χ4v) is 2.69. The first-order valence-corrected chi connectivity index (χ1v) is 8.05. The molecule has 1 aliphatic heterocycles. The zero-order valence-electron chi connectivity index (χ0n) is 14.1. The molecule has 0 atom stereocenters. The quantitative estimate of drug-likeness (QED) is 0.782. The Morgan fingerprint density at radius 3 is 2.05 bits per heavy atom. The molecule has 1 aromatic carbocycles. The van der Waals surface area contributed by atoms with E-state index in [1.807, 2.05) is 34.6 Å². The Kier molecular flexibility index (Phi) is 4.90. The van der Waals surface area contributed by atoms with Crippen molar-refractivity contribution in [3.63, 3.8) is 0 Å². The first-order valence-electron chi connectivity index (χ1n) is 7.67. The molecule has 1 aromatic rings. The molecule has 4 nitrogen and oxygen atoms in total. The lowest BCUT2D eigenvalue weighted by atomic mass is 10.1. The van der Waals surface area contributed by atoms with Crippen molar-refractivity contribution in [2.75, 3.05) is 31.1 Å². The number of amides is 1. The third kappa shape index (κ3) is 4.07. The second-order valence-electron chi connectivity index (χ2n) is 6.85. The van der Waals surface area contributed by atoms with Gasteiger partial charge < -0.3 is 14.5 Å². The van der Waals surface area contributed by atoms with E-state index < -0.39 is 5.60 Å². The zero-order valence-corrected chi connectivity index (χ0v) is 14.8. The maximum absolute atomic E-state index is 12.1. The average Bonchev–Trinajstić information content (AvgIpc) is 2.42. The summed E-state index contributed by atoms with van der Waals surface area (Å²) < 4.78 is 5.42. The van der Waals surface area contributed by atoms with E-state index in [9.17, 15) is 4.79 Å². The zero-order chi connectivity index (χ0) is 16.5. The molecule has 1 saturated heterocycles. The maximum atomic E-state index is 12.1. The molecule has 22 heavy (non-hydrogen) atoms. The summed E-state index contributed by atoms with van der Waals surface area (Å²) in [4.78, 5) is 16.1. The monoisotopic (exact) mass is 324 g/mol. The van der Waals surface area contributed by atoms with Crippen LogP contribution in [0.2, 0.25) is 5.02 Å². The van der Waals surface area contributed by atoms with Crippen LogP contribution in [-0.4, -0.2) is 42.8 Å². The van der Waals surface area contributed by atoms with Crippen molar-refractivity contribution >= 4 is 23.4 Å². The van der Waals surface area contributed by atoms with Crippen LogP contribution in [0.5, 0.6) is 0 Å². The third-order valence-corrected chi connectivity index (χ3v) is 4.31. The van der Waals surface area contributed by atoms with Crippen LogP contribution in [0, 0.1) is 13.8 Å². The number of aryl methyl sites for hydroxylation is 2. The molecule has 1 fully saturated rings. The van der Waals surface area contributed by atoms with Crippen molar-refractivity contribution in [1.29, 1.82) is 0 Å². The highest BCUT2D eigenvalue weighted by atomic mass is 35.5. The standard InChI is InChI=1S/C17H25ClN2O2/c1-12-10-14(11-13(2)15(12)18)19-6-8-20(9-7-19)16(21)22-17(3,4)5/h10-11H,6-9H2,1-5H3. The van der Waals surface area contributed by atoms with E-state index in [2.05, 4.69) is 17.0 Å².